The number of anilines is 1. The highest BCUT2D eigenvalue weighted by Gasteiger charge is 2.21. The number of aromatic nitrogens is 2. The maximum absolute atomic E-state index is 13.3. The van der Waals surface area contributed by atoms with Gasteiger partial charge < -0.3 is 0 Å². The SMILES string of the molecule is CC(C)c1ccc(CC(=O)N(Cc2cccnc2)c2nc3c(Cl)cccc3s2)cc1. The quantitative estimate of drug-likeness (QED) is 0.360. The molecule has 0 radical (unpaired) electrons. The fourth-order valence-electron chi connectivity index (χ4n) is 3.25. The molecule has 0 spiro atoms. The molecule has 0 bridgehead atoms. The minimum Gasteiger partial charge on any atom is -0.283 e. The molecule has 0 aliphatic rings. The predicted octanol–water partition coefficient (Wildman–Crippen LogP) is 6.24. The summed E-state index contributed by atoms with van der Waals surface area (Å²) in [5.74, 6) is 0.454. The Labute approximate surface area is 185 Å². The molecule has 4 aromatic rings. The number of halogens is 1. The highest BCUT2D eigenvalue weighted by Crippen LogP contribution is 2.33. The van der Waals surface area contributed by atoms with E-state index in [1.165, 1.54) is 16.9 Å². The molecule has 6 heteroatoms. The highest BCUT2D eigenvalue weighted by molar-refractivity contribution is 7.22. The molecular weight excluding hydrogens is 414 g/mol. The van der Waals surface area contributed by atoms with Gasteiger partial charge in [0.2, 0.25) is 5.91 Å². The largest absolute Gasteiger partial charge is 0.283 e. The molecule has 0 N–H and O–H groups in total. The van der Waals surface area contributed by atoms with Crippen LogP contribution in [0, 0.1) is 0 Å². The summed E-state index contributed by atoms with van der Waals surface area (Å²) in [7, 11) is 0. The van der Waals surface area contributed by atoms with Crippen molar-refractivity contribution >= 4 is 44.2 Å². The average molecular weight is 436 g/mol. The first kappa shape index (κ1) is 20.5. The zero-order valence-corrected chi connectivity index (χ0v) is 18.5. The molecule has 0 unspecified atom stereocenters. The Morgan fingerprint density at radius 1 is 1.07 bits per heavy atom. The number of hydrogen-bond acceptors (Lipinski definition) is 4. The molecule has 4 nitrogen and oxygen atoms in total. The zero-order chi connectivity index (χ0) is 21.1. The zero-order valence-electron chi connectivity index (χ0n) is 16.9. The lowest BCUT2D eigenvalue weighted by Gasteiger charge is -2.20. The van der Waals surface area contributed by atoms with E-state index in [0.29, 0.717) is 29.0 Å². The fourth-order valence-corrected chi connectivity index (χ4v) is 4.53. The first-order valence-corrected chi connectivity index (χ1v) is 11.0. The number of carbonyl (C=O) groups excluding carboxylic acids is 1. The van der Waals surface area contributed by atoms with Crippen molar-refractivity contribution in [1.82, 2.24) is 9.97 Å². The highest BCUT2D eigenvalue weighted by atomic mass is 35.5. The van der Waals surface area contributed by atoms with Crippen molar-refractivity contribution < 1.29 is 4.79 Å². The van der Waals surface area contributed by atoms with Crippen LogP contribution < -0.4 is 4.90 Å². The summed E-state index contributed by atoms with van der Waals surface area (Å²) in [5, 5.41) is 1.24. The minimum atomic E-state index is -0.00803. The van der Waals surface area contributed by atoms with E-state index in [4.69, 9.17) is 11.6 Å². The van der Waals surface area contributed by atoms with Gasteiger partial charge in [0.05, 0.1) is 22.7 Å². The lowest BCUT2D eigenvalue weighted by molar-refractivity contribution is -0.118. The first-order chi connectivity index (χ1) is 14.5. The van der Waals surface area contributed by atoms with Crippen LogP contribution in [0.15, 0.2) is 67.0 Å². The van der Waals surface area contributed by atoms with Crippen molar-refractivity contribution in [3.8, 4) is 0 Å². The van der Waals surface area contributed by atoms with Gasteiger partial charge in [0.25, 0.3) is 0 Å². The van der Waals surface area contributed by atoms with Crippen molar-refractivity contribution in [2.45, 2.75) is 32.7 Å². The third kappa shape index (κ3) is 4.53. The molecule has 2 aromatic heterocycles. The Bertz CT molecular complexity index is 1160. The summed E-state index contributed by atoms with van der Waals surface area (Å²) >= 11 is 7.79. The Morgan fingerprint density at radius 3 is 2.53 bits per heavy atom. The number of hydrogen-bond donors (Lipinski definition) is 0. The minimum absolute atomic E-state index is 0.00803. The van der Waals surface area contributed by atoms with Crippen LogP contribution in [-0.2, 0) is 17.8 Å². The van der Waals surface area contributed by atoms with Crippen molar-refractivity contribution in [3.05, 3.63) is 88.7 Å². The van der Waals surface area contributed by atoms with E-state index in [-0.39, 0.29) is 5.91 Å². The standard InChI is InChI=1S/C24H22ClN3OS/c1-16(2)19-10-8-17(9-11-19)13-22(29)28(15-18-5-4-12-26-14-18)24-27-23-20(25)6-3-7-21(23)30-24/h3-12,14,16H,13,15H2,1-2H3. The summed E-state index contributed by atoms with van der Waals surface area (Å²) in [6.45, 7) is 4.73. The second-order valence-electron chi connectivity index (χ2n) is 7.50. The molecule has 2 aromatic carbocycles. The normalized spacial score (nSPS) is 11.2. The number of nitrogens with zero attached hydrogens (tertiary/aromatic N) is 3. The number of para-hydroxylation sites is 1. The summed E-state index contributed by atoms with van der Waals surface area (Å²) in [5.41, 5.74) is 3.93. The summed E-state index contributed by atoms with van der Waals surface area (Å²) in [4.78, 5) is 23.9. The summed E-state index contributed by atoms with van der Waals surface area (Å²) < 4.78 is 0.961. The third-order valence-electron chi connectivity index (χ3n) is 4.96. The summed E-state index contributed by atoms with van der Waals surface area (Å²) in [6.07, 6.45) is 3.81. The number of rotatable bonds is 6. The van der Waals surface area contributed by atoms with E-state index in [2.05, 4.69) is 35.9 Å². The molecule has 4 rings (SSSR count). The first-order valence-electron chi connectivity index (χ1n) is 9.84. The number of pyridine rings is 1. The van der Waals surface area contributed by atoms with Gasteiger partial charge in [-0.2, -0.15) is 0 Å². The molecule has 2 heterocycles. The van der Waals surface area contributed by atoms with Crippen molar-refractivity contribution in [3.63, 3.8) is 0 Å². The van der Waals surface area contributed by atoms with Crippen LogP contribution >= 0.6 is 22.9 Å². The van der Waals surface area contributed by atoms with Gasteiger partial charge in [0.1, 0.15) is 5.52 Å². The average Bonchev–Trinajstić information content (AvgIpc) is 3.18. The second kappa shape index (κ2) is 8.94. The lowest BCUT2D eigenvalue weighted by Crippen LogP contribution is -2.31. The van der Waals surface area contributed by atoms with Gasteiger partial charge in [-0.05, 0) is 40.8 Å². The van der Waals surface area contributed by atoms with Gasteiger partial charge >= 0.3 is 0 Å². The molecule has 0 saturated heterocycles. The number of thiazole rings is 1. The maximum atomic E-state index is 13.3. The lowest BCUT2D eigenvalue weighted by atomic mass is 10.0. The van der Waals surface area contributed by atoms with Gasteiger partial charge in [0.15, 0.2) is 5.13 Å². The van der Waals surface area contributed by atoms with Crippen LogP contribution in [0.1, 0.15) is 36.5 Å². The molecule has 0 saturated carbocycles. The number of fused-ring (bicyclic) bond motifs is 1. The van der Waals surface area contributed by atoms with Crippen molar-refractivity contribution in [2.75, 3.05) is 4.90 Å². The van der Waals surface area contributed by atoms with Crippen molar-refractivity contribution in [2.24, 2.45) is 0 Å². The second-order valence-corrected chi connectivity index (χ2v) is 8.91. The summed E-state index contributed by atoms with van der Waals surface area (Å²) in [6, 6.07) is 17.8. The fraction of sp³-hybridized carbons (Fsp3) is 0.208. The van der Waals surface area contributed by atoms with Crippen LogP contribution in [0.5, 0.6) is 0 Å². The molecule has 1 amide bonds. The van der Waals surface area contributed by atoms with Crippen LogP contribution in [0.3, 0.4) is 0 Å². The van der Waals surface area contributed by atoms with Crippen LogP contribution in [0.4, 0.5) is 5.13 Å². The molecule has 152 valence electrons. The van der Waals surface area contributed by atoms with Gasteiger partial charge in [-0.3, -0.25) is 14.7 Å². The van der Waals surface area contributed by atoms with Gasteiger partial charge in [-0.15, -0.1) is 0 Å². The Morgan fingerprint density at radius 2 is 1.87 bits per heavy atom. The van der Waals surface area contributed by atoms with Crippen LogP contribution in [-0.4, -0.2) is 15.9 Å². The molecule has 0 aliphatic heterocycles. The monoisotopic (exact) mass is 435 g/mol. The Kier molecular flexibility index (Phi) is 6.11. The molecule has 0 aliphatic carbocycles. The topological polar surface area (TPSA) is 46.1 Å². The van der Waals surface area contributed by atoms with E-state index in [9.17, 15) is 4.79 Å². The number of carbonyl (C=O) groups is 1. The maximum Gasteiger partial charge on any atom is 0.233 e. The van der Waals surface area contributed by atoms with Crippen LogP contribution in [0.2, 0.25) is 5.02 Å². The third-order valence-corrected chi connectivity index (χ3v) is 6.30. The van der Waals surface area contributed by atoms with E-state index < -0.39 is 0 Å². The molecule has 0 atom stereocenters. The van der Waals surface area contributed by atoms with Crippen molar-refractivity contribution in [1.29, 1.82) is 0 Å². The number of benzene rings is 2. The van der Waals surface area contributed by atoms with Gasteiger partial charge in [0, 0.05) is 12.4 Å². The van der Waals surface area contributed by atoms with Crippen LogP contribution in [0.25, 0.3) is 10.2 Å². The van der Waals surface area contributed by atoms with E-state index >= 15 is 0 Å². The van der Waals surface area contributed by atoms with Gasteiger partial charge in [-0.25, -0.2) is 4.98 Å². The Hall–Kier alpha value is -2.76. The van der Waals surface area contributed by atoms with E-state index in [0.717, 1.165) is 21.3 Å². The van der Waals surface area contributed by atoms with E-state index in [1.54, 1.807) is 17.3 Å². The predicted molar refractivity (Wildman–Crippen MR) is 124 cm³/mol. The molecular formula is C24H22ClN3OS. The smallest absolute Gasteiger partial charge is 0.233 e. The van der Waals surface area contributed by atoms with Gasteiger partial charge in [-0.1, -0.05) is 73.2 Å². The molecule has 0 fully saturated rings. The number of amides is 1. The Balaban J connectivity index is 1.65. The molecule has 30 heavy (non-hydrogen) atoms. The van der Waals surface area contributed by atoms with E-state index in [1.807, 2.05) is 42.5 Å².